The molecule has 1 saturated carbocycles. The predicted octanol–water partition coefficient (Wildman–Crippen LogP) is 1.09. The Bertz CT molecular complexity index is 336. The summed E-state index contributed by atoms with van der Waals surface area (Å²) in [5, 5.41) is 2.76. The largest absolute Gasteiger partial charge is 0.313 e. The normalized spacial score (nSPS) is 25.8. The van der Waals surface area contributed by atoms with Gasteiger partial charge in [-0.15, -0.1) is 0 Å². The molecule has 0 amide bonds. The van der Waals surface area contributed by atoms with Gasteiger partial charge in [-0.1, -0.05) is 27.7 Å². The highest BCUT2D eigenvalue weighted by Gasteiger charge is 2.48. The van der Waals surface area contributed by atoms with Crippen LogP contribution in [0.15, 0.2) is 0 Å². The molecule has 0 aromatic rings. The fraction of sp³-hybridized carbons (Fsp3) is 1.00. The third-order valence-electron chi connectivity index (χ3n) is 3.16. The maximum absolute atomic E-state index is 11.9. The molecule has 2 unspecified atom stereocenters. The number of hydrogen-bond acceptors (Lipinski definition) is 3. The Morgan fingerprint density at radius 2 is 1.81 bits per heavy atom. The van der Waals surface area contributed by atoms with Crippen LogP contribution in [0.25, 0.3) is 0 Å². The van der Waals surface area contributed by atoms with Crippen molar-refractivity contribution in [1.82, 2.24) is 10.0 Å². The Labute approximate surface area is 99.2 Å². The molecule has 1 aliphatic rings. The second-order valence-electron chi connectivity index (χ2n) is 5.78. The summed E-state index contributed by atoms with van der Waals surface area (Å²) in [6.45, 7) is 10.4. The van der Waals surface area contributed by atoms with E-state index in [0.29, 0.717) is 12.6 Å². The fourth-order valence-electron chi connectivity index (χ4n) is 1.49. The summed E-state index contributed by atoms with van der Waals surface area (Å²) in [5.41, 5.74) is 0.137. The molecule has 16 heavy (non-hydrogen) atoms. The van der Waals surface area contributed by atoms with Crippen molar-refractivity contribution >= 4 is 10.0 Å². The average molecular weight is 248 g/mol. The number of sulfonamides is 1. The standard InChI is InChI=1S/C11H24N2O2S/c1-8(2)12-7-9(3)16(14,15)13-10-6-11(10,4)5/h8-10,12-13H,6-7H2,1-5H3. The van der Waals surface area contributed by atoms with Crippen molar-refractivity contribution < 1.29 is 8.42 Å². The van der Waals surface area contributed by atoms with Crippen LogP contribution in [0.5, 0.6) is 0 Å². The lowest BCUT2D eigenvalue weighted by Crippen LogP contribution is -2.42. The zero-order valence-electron chi connectivity index (χ0n) is 10.9. The monoisotopic (exact) mass is 248 g/mol. The quantitative estimate of drug-likeness (QED) is 0.740. The maximum atomic E-state index is 11.9. The van der Waals surface area contributed by atoms with Crippen LogP contribution >= 0.6 is 0 Å². The highest BCUT2D eigenvalue weighted by atomic mass is 32.2. The van der Waals surface area contributed by atoms with Crippen LogP contribution in [0.2, 0.25) is 0 Å². The van der Waals surface area contributed by atoms with Crippen LogP contribution in [0.4, 0.5) is 0 Å². The molecule has 2 atom stereocenters. The molecule has 96 valence electrons. The van der Waals surface area contributed by atoms with Crippen LogP contribution in [0.3, 0.4) is 0 Å². The van der Waals surface area contributed by atoms with Gasteiger partial charge in [-0.05, 0) is 18.8 Å². The van der Waals surface area contributed by atoms with Gasteiger partial charge in [0.2, 0.25) is 10.0 Å². The van der Waals surface area contributed by atoms with Gasteiger partial charge in [0.1, 0.15) is 0 Å². The number of hydrogen-bond donors (Lipinski definition) is 2. The van der Waals surface area contributed by atoms with Crippen molar-refractivity contribution in [2.75, 3.05) is 6.54 Å². The molecule has 0 aromatic carbocycles. The number of nitrogens with one attached hydrogen (secondary N) is 2. The van der Waals surface area contributed by atoms with E-state index in [0.717, 1.165) is 6.42 Å². The topological polar surface area (TPSA) is 58.2 Å². The SMILES string of the molecule is CC(C)NCC(C)S(=O)(=O)NC1CC1(C)C. The highest BCUT2D eigenvalue weighted by Crippen LogP contribution is 2.45. The Hall–Kier alpha value is -0.130. The molecule has 0 heterocycles. The fourth-order valence-corrected chi connectivity index (χ4v) is 2.84. The molecular formula is C11H24N2O2S. The molecule has 0 saturated heterocycles. The van der Waals surface area contributed by atoms with Gasteiger partial charge >= 0.3 is 0 Å². The smallest absolute Gasteiger partial charge is 0.215 e. The molecule has 1 aliphatic carbocycles. The minimum Gasteiger partial charge on any atom is -0.313 e. The van der Waals surface area contributed by atoms with Crippen molar-refractivity contribution in [1.29, 1.82) is 0 Å². The van der Waals surface area contributed by atoms with Gasteiger partial charge in [-0.2, -0.15) is 0 Å². The third-order valence-corrected chi connectivity index (χ3v) is 5.00. The van der Waals surface area contributed by atoms with Crippen molar-refractivity contribution in [3.63, 3.8) is 0 Å². The van der Waals surface area contributed by atoms with Crippen molar-refractivity contribution in [2.24, 2.45) is 5.41 Å². The molecule has 2 N–H and O–H groups in total. The predicted molar refractivity (Wildman–Crippen MR) is 66.8 cm³/mol. The summed E-state index contributed by atoms with van der Waals surface area (Å²) in [6.07, 6.45) is 0.941. The molecule has 0 spiro atoms. The molecule has 1 rings (SSSR count). The number of rotatable bonds is 6. The summed E-state index contributed by atoms with van der Waals surface area (Å²) in [4.78, 5) is 0. The second-order valence-corrected chi connectivity index (χ2v) is 7.91. The summed E-state index contributed by atoms with van der Waals surface area (Å²) in [5.74, 6) is 0. The van der Waals surface area contributed by atoms with Crippen LogP contribution in [-0.2, 0) is 10.0 Å². The van der Waals surface area contributed by atoms with E-state index in [1.54, 1.807) is 6.92 Å². The first-order valence-corrected chi connectivity index (χ1v) is 7.44. The summed E-state index contributed by atoms with van der Waals surface area (Å²) >= 11 is 0. The zero-order valence-corrected chi connectivity index (χ0v) is 11.7. The van der Waals surface area contributed by atoms with E-state index < -0.39 is 10.0 Å². The van der Waals surface area contributed by atoms with Gasteiger partial charge in [0.05, 0.1) is 5.25 Å². The minimum absolute atomic E-state index is 0.124. The summed E-state index contributed by atoms with van der Waals surface area (Å²) in [6, 6.07) is 0.439. The Morgan fingerprint density at radius 3 is 2.19 bits per heavy atom. The van der Waals surface area contributed by atoms with Crippen LogP contribution in [0.1, 0.15) is 41.0 Å². The van der Waals surface area contributed by atoms with Crippen LogP contribution in [-0.4, -0.2) is 32.3 Å². The molecule has 4 nitrogen and oxygen atoms in total. The van der Waals surface area contributed by atoms with E-state index in [1.165, 1.54) is 0 Å². The zero-order chi connectivity index (χ0) is 12.6. The lowest BCUT2D eigenvalue weighted by Gasteiger charge is -2.17. The average Bonchev–Trinajstić information content (AvgIpc) is 2.68. The van der Waals surface area contributed by atoms with E-state index in [2.05, 4.69) is 23.9 Å². The molecule has 0 bridgehead atoms. The Kier molecular flexibility index (Phi) is 4.03. The first-order valence-electron chi connectivity index (χ1n) is 5.89. The molecule has 1 fully saturated rings. The third kappa shape index (κ3) is 3.71. The Morgan fingerprint density at radius 1 is 1.31 bits per heavy atom. The molecular weight excluding hydrogens is 224 g/mol. The second kappa shape index (κ2) is 4.63. The minimum atomic E-state index is -3.18. The van der Waals surface area contributed by atoms with Gasteiger partial charge in [-0.25, -0.2) is 13.1 Å². The Balaban J connectivity index is 2.44. The van der Waals surface area contributed by atoms with Gasteiger partial charge in [0.15, 0.2) is 0 Å². The van der Waals surface area contributed by atoms with E-state index in [4.69, 9.17) is 0 Å². The molecule has 0 radical (unpaired) electrons. The van der Waals surface area contributed by atoms with Crippen molar-refractivity contribution in [3.8, 4) is 0 Å². The van der Waals surface area contributed by atoms with E-state index >= 15 is 0 Å². The van der Waals surface area contributed by atoms with E-state index in [9.17, 15) is 8.42 Å². The molecule has 0 aliphatic heterocycles. The lowest BCUT2D eigenvalue weighted by atomic mass is 10.2. The van der Waals surface area contributed by atoms with Gasteiger partial charge in [0, 0.05) is 18.6 Å². The van der Waals surface area contributed by atoms with Crippen LogP contribution < -0.4 is 10.0 Å². The molecule has 0 aromatic heterocycles. The first kappa shape index (κ1) is 13.9. The van der Waals surface area contributed by atoms with Crippen molar-refractivity contribution in [3.05, 3.63) is 0 Å². The van der Waals surface area contributed by atoms with Gasteiger partial charge < -0.3 is 5.32 Å². The molecule has 5 heteroatoms. The lowest BCUT2D eigenvalue weighted by molar-refractivity contribution is 0.528. The summed E-state index contributed by atoms with van der Waals surface area (Å²) in [7, 11) is -3.18. The van der Waals surface area contributed by atoms with Gasteiger partial charge in [-0.3, -0.25) is 0 Å². The van der Waals surface area contributed by atoms with E-state index in [-0.39, 0.29) is 16.7 Å². The maximum Gasteiger partial charge on any atom is 0.215 e. The van der Waals surface area contributed by atoms with Crippen molar-refractivity contribution in [2.45, 2.75) is 58.4 Å². The van der Waals surface area contributed by atoms with Gasteiger partial charge in [0.25, 0.3) is 0 Å². The van der Waals surface area contributed by atoms with E-state index in [1.807, 2.05) is 13.8 Å². The highest BCUT2D eigenvalue weighted by molar-refractivity contribution is 7.90. The van der Waals surface area contributed by atoms with Crippen LogP contribution in [0, 0.1) is 5.41 Å². The summed E-state index contributed by atoms with van der Waals surface area (Å²) < 4.78 is 26.6. The first-order chi connectivity index (χ1) is 7.15.